The molecule has 1 atom stereocenters. The van der Waals surface area contributed by atoms with E-state index in [-0.39, 0.29) is 17.6 Å². The van der Waals surface area contributed by atoms with E-state index < -0.39 is 0 Å². The molecule has 1 aromatic rings. The molecular weight excluding hydrogens is 273 g/mol. The molecule has 1 unspecified atom stereocenters. The minimum absolute atomic E-state index is 0.0538. The Bertz CT molecular complexity index is 447. The summed E-state index contributed by atoms with van der Waals surface area (Å²) in [4.78, 5) is 13.2. The Balaban J connectivity index is 2.35. The SMILES string of the molecule is C=CC1CC(=O)N(c2cccc(Br)c2F)C1. The van der Waals surface area contributed by atoms with E-state index in [9.17, 15) is 9.18 Å². The maximum atomic E-state index is 13.8. The van der Waals surface area contributed by atoms with E-state index in [1.165, 1.54) is 4.90 Å². The molecule has 0 spiro atoms. The van der Waals surface area contributed by atoms with Gasteiger partial charge in [-0.1, -0.05) is 12.1 Å². The molecule has 0 bridgehead atoms. The summed E-state index contributed by atoms with van der Waals surface area (Å²) in [5.74, 6) is -0.326. The zero-order chi connectivity index (χ0) is 11.7. The Hall–Kier alpha value is -1.16. The molecule has 1 amide bonds. The molecule has 2 nitrogen and oxygen atoms in total. The number of anilines is 1. The molecule has 1 fully saturated rings. The number of halogens is 2. The van der Waals surface area contributed by atoms with Crippen molar-refractivity contribution >= 4 is 27.5 Å². The van der Waals surface area contributed by atoms with Crippen molar-refractivity contribution in [2.75, 3.05) is 11.4 Å². The van der Waals surface area contributed by atoms with Gasteiger partial charge in [-0.25, -0.2) is 4.39 Å². The lowest BCUT2D eigenvalue weighted by molar-refractivity contribution is -0.117. The number of carbonyl (C=O) groups excluding carboxylic acids is 1. The molecule has 1 aliphatic rings. The van der Waals surface area contributed by atoms with E-state index in [0.29, 0.717) is 23.1 Å². The van der Waals surface area contributed by atoms with Crippen LogP contribution in [0.25, 0.3) is 0 Å². The fraction of sp³-hybridized carbons (Fsp3) is 0.250. The second-order valence-corrected chi connectivity index (χ2v) is 4.63. The van der Waals surface area contributed by atoms with Gasteiger partial charge in [0.25, 0.3) is 0 Å². The second-order valence-electron chi connectivity index (χ2n) is 3.78. The van der Waals surface area contributed by atoms with Crippen molar-refractivity contribution < 1.29 is 9.18 Å². The van der Waals surface area contributed by atoms with Crippen LogP contribution < -0.4 is 4.90 Å². The largest absolute Gasteiger partial charge is 0.309 e. The zero-order valence-corrected chi connectivity index (χ0v) is 10.2. The smallest absolute Gasteiger partial charge is 0.227 e. The number of rotatable bonds is 2. The molecule has 16 heavy (non-hydrogen) atoms. The first-order chi connectivity index (χ1) is 7.63. The Kier molecular flexibility index (Phi) is 3.10. The van der Waals surface area contributed by atoms with Crippen LogP contribution in [0.3, 0.4) is 0 Å². The van der Waals surface area contributed by atoms with Crippen LogP contribution in [0, 0.1) is 11.7 Å². The molecule has 0 saturated carbocycles. The summed E-state index contributed by atoms with van der Waals surface area (Å²) in [5.41, 5.74) is 0.337. The number of nitrogens with zero attached hydrogens (tertiary/aromatic N) is 1. The van der Waals surface area contributed by atoms with Crippen molar-refractivity contribution in [3.63, 3.8) is 0 Å². The average molecular weight is 284 g/mol. The molecular formula is C12H11BrFNO. The third kappa shape index (κ3) is 1.89. The monoisotopic (exact) mass is 283 g/mol. The van der Waals surface area contributed by atoms with Crippen LogP contribution >= 0.6 is 15.9 Å². The van der Waals surface area contributed by atoms with E-state index in [4.69, 9.17) is 0 Å². The normalized spacial score (nSPS) is 20.2. The second kappa shape index (κ2) is 4.37. The number of hydrogen-bond donors (Lipinski definition) is 0. The highest BCUT2D eigenvalue weighted by Gasteiger charge is 2.30. The molecule has 1 heterocycles. The first-order valence-electron chi connectivity index (χ1n) is 5.00. The summed E-state index contributed by atoms with van der Waals surface area (Å²) >= 11 is 3.11. The van der Waals surface area contributed by atoms with Gasteiger partial charge in [-0.3, -0.25) is 4.79 Å². The molecule has 4 heteroatoms. The predicted octanol–water partition coefficient (Wildman–Crippen LogP) is 3.13. The van der Waals surface area contributed by atoms with Crippen LogP contribution in [0.5, 0.6) is 0 Å². The van der Waals surface area contributed by atoms with Crippen LogP contribution in [-0.2, 0) is 4.79 Å². The van der Waals surface area contributed by atoms with Gasteiger partial charge >= 0.3 is 0 Å². The van der Waals surface area contributed by atoms with Crippen molar-refractivity contribution in [3.05, 3.63) is 41.1 Å². The van der Waals surface area contributed by atoms with E-state index in [1.54, 1.807) is 24.3 Å². The van der Waals surface area contributed by atoms with Crippen molar-refractivity contribution in [1.82, 2.24) is 0 Å². The van der Waals surface area contributed by atoms with Gasteiger partial charge in [0, 0.05) is 18.9 Å². The van der Waals surface area contributed by atoms with Crippen LogP contribution in [0.15, 0.2) is 35.3 Å². The molecule has 1 aliphatic heterocycles. The molecule has 0 radical (unpaired) electrons. The topological polar surface area (TPSA) is 20.3 Å². The van der Waals surface area contributed by atoms with E-state index in [0.717, 1.165) is 0 Å². The number of hydrogen-bond acceptors (Lipinski definition) is 1. The first kappa shape index (κ1) is 11.3. The molecule has 0 aromatic heterocycles. The number of amides is 1. The maximum absolute atomic E-state index is 13.8. The minimum atomic E-state index is -0.388. The van der Waals surface area contributed by atoms with E-state index >= 15 is 0 Å². The van der Waals surface area contributed by atoms with Gasteiger partial charge < -0.3 is 4.90 Å². The number of carbonyl (C=O) groups is 1. The van der Waals surface area contributed by atoms with Crippen molar-refractivity contribution in [2.24, 2.45) is 5.92 Å². The summed E-state index contributed by atoms with van der Waals surface area (Å²) in [5, 5.41) is 0. The molecule has 0 N–H and O–H groups in total. The highest BCUT2D eigenvalue weighted by molar-refractivity contribution is 9.10. The first-order valence-corrected chi connectivity index (χ1v) is 5.79. The lowest BCUT2D eigenvalue weighted by atomic mass is 10.1. The van der Waals surface area contributed by atoms with Gasteiger partial charge in [-0.2, -0.15) is 0 Å². The fourth-order valence-electron chi connectivity index (χ4n) is 1.83. The van der Waals surface area contributed by atoms with Crippen molar-refractivity contribution in [1.29, 1.82) is 0 Å². The van der Waals surface area contributed by atoms with E-state index in [2.05, 4.69) is 22.5 Å². The van der Waals surface area contributed by atoms with Gasteiger partial charge in [-0.15, -0.1) is 6.58 Å². The zero-order valence-electron chi connectivity index (χ0n) is 8.62. The summed E-state index contributed by atoms with van der Waals surface area (Å²) in [7, 11) is 0. The standard InChI is InChI=1S/C12H11BrFNO/c1-2-8-6-11(16)15(7-8)10-5-3-4-9(13)12(10)14/h2-5,8H,1,6-7H2. The summed E-state index contributed by atoms with van der Waals surface area (Å²) < 4.78 is 14.2. The molecule has 2 rings (SSSR count). The van der Waals surface area contributed by atoms with Gasteiger partial charge in [0.05, 0.1) is 10.2 Å². The van der Waals surface area contributed by atoms with Gasteiger partial charge in [0.15, 0.2) is 5.82 Å². The average Bonchev–Trinajstić information content (AvgIpc) is 2.64. The molecule has 1 aromatic carbocycles. The quantitative estimate of drug-likeness (QED) is 0.764. The Labute approximate surface area is 102 Å². The fourth-order valence-corrected chi connectivity index (χ4v) is 2.18. The van der Waals surface area contributed by atoms with Crippen molar-refractivity contribution in [2.45, 2.75) is 6.42 Å². The Morgan fingerprint density at radius 1 is 1.56 bits per heavy atom. The lowest BCUT2D eigenvalue weighted by Crippen LogP contribution is -2.25. The predicted molar refractivity (Wildman–Crippen MR) is 64.8 cm³/mol. The summed E-state index contributed by atoms with van der Waals surface area (Å²) in [6.45, 7) is 4.17. The molecule has 0 aliphatic carbocycles. The number of benzene rings is 1. The van der Waals surface area contributed by atoms with Crippen LogP contribution in [0.1, 0.15) is 6.42 Å². The molecule has 1 saturated heterocycles. The Morgan fingerprint density at radius 3 is 2.94 bits per heavy atom. The van der Waals surface area contributed by atoms with Crippen LogP contribution in [0.2, 0.25) is 0 Å². The van der Waals surface area contributed by atoms with Gasteiger partial charge in [-0.05, 0) is 28.1 Å². The maximum Gasteiger partial charge on any atom is 0.227 e. The Morgan fingerprint density at radius 2 is 2.31 bits per heavy atom. The minimum Gasteiger partial charge on any atom is -0.309 e. The van der Waals surface area contributed by atoms with Crippen LogP contribution in [-0.4, -0.2) is 12.5 Å². The lowest BCUT2D eigenvalue weighted by Gasteiger charge is -2.17. The third-order valence-electron chi connectivity index (χ3n) is 2.71. The van der Waals surface area contributed by atoms with Crippen molar-refractivity contribution in [3.8, 4) is 0 Å². The highest BCUT2D eigenvalue weighted by atomic mass is 79.9. The van der Waals surface area contributed by atoms with Gasteiger partial charge in [0.1, 0.15) is 0 Å². The summed E-state index contributed by atoms with van der Waals surface area (Å²) in [6, 6.07) is 4.95. The van der Waals surface area contributed by atoms with E-state index in [1.807, 2.05) is 0 Å². The molecule has 84 valence electrons. The van der Waals surface area contributed by atoms with Crippen LogP contribution in [0.4, 0.5) is 10.1 Å². The van der Waals surface area contributed by atoms with Gasteiger partial charge in [0.2, 0.25) is 5.91 Å². The summed E-state index contributed by atoms with van der Waals surface area (Å²) in [6.07, 6.45) is 2.16. The highest BCUT2D eigenvalue weighted by Crippen LogP contribution is 2.30. The third-order valence-corrected chi connectivity index (χ3v) is 3.32.